The molecule has 1 aromatic heterocycles. The molecular weight excluding hydrogens is 176 g/mol. The van der Waals surface area contributed by atoms with E-state index in [0.29, 0.717) is 5.92 Å². The lowest BCUT2D eigenvalue weighted by Crippen LogP contribution is -1.92. The van der Waals surface area contributed by atoms with Gasteiger partial charge in [-0.15, -0.1) is 0 Å². The van der Waals surface area contributed by atoms with Gasteiger partial charge in [-0.2, -0.15) is 0 Å². The van der Waals surface area contributed by atoms with Gasteiger partial charge < -0.3 is 0 Å². The van der Waals surface area contributed by atoms with Gasteiger partial charge in [-0.3, -0.25) is 0 Å². The Hall–Kier alpha value is -1.38. The van der Waals surface area contributed by atoms with Crippen LogP contribution < -0.4 is 0 Å². The number of fused-ring (bicyclic) bond motifs is 1. The number of hydrogen-bond donors (Lipinski definition) is 0. The Morgan fingerprint density at radius 1 is 1.29 bits per heavy atom. The van der Waals surface area contributed by atoms with Gasteiger partial charge in [-0.25, -0.2) is 4.63 Å². The van der Waals surface area contributed by atoms with Gasteiger partial charge in [0, 0.05) is 0 Å². The molecule has 0 aliphatic heterocycles. The van der Waals surface area contributed by atoms with Crippen molar-refractivity contribution in [3.05, 3.63) is 23.8 Å². The fraction of sp³-hybridized carbons (Fsp3) is 0.455. The van der Waals surface area contributed by atoms with Gasteiger partial charge in [0.1, 0.15) is 11.0 Å². The molecule has 3 nitrogen and oxygen atoms in total. The highest BCUT2D eigenvalue weighted by atomic mass is 16.6. The predicted octanol–water partition coefficient (Wildman–Crippen LogP) is 3.13. The number of rotatable bonds is 3. The van der Waals surface area contributed by atoms with Crippen LogP contribution in [0.5, 0.6) is 0 Å². The molecule has 0 N–H and O–H groups in total. The first-order chi connectivity index (χ1) is 6.81. The summed E-state index contributed by atoms with van der Waals surface area (Å²) in [7, 11) is 0. The third-order valence-electron chi connectivity index (χ3n) is 2.57. The van der Waals surface area contributed by atoms with E-state index in [0.717, 1.165) is 11.0 Å². The normalized spacial score (nSPS) is 13.3. The van der Waals surface area contributed by atoms with Gasteiger partial charge in [-0.1, -0.05) is 26.3 Å². The second kappa shape index (κ2) is 3.78. The average Bonchev–Trinajstić information content (AvgIpc) is 2.64. The van der Waals surface area contributed by atoms with E-state index in [1.807, 2.05) is 6.07 Å². The fourth-order valence-corrected chi connectivity index (χ4v) is 1.71. The molecule has 0 radical (unpaired) electrons. The molecule has 0 bridgehead atoms. The van der Waals surface area contributed by atoms with Crippen molar-refractivity contribution in [2.45, 2.75) is 32.6 Å². The molecule has 0 amide bonds. The van der Waals surface area contributed by atoms with Crippen LogP contribution in [0, 0.1) is 0 Å². The molecule has 0 aliphatic carbocycles. The first kappa shape index (κ1) is 9.19. The SMILES string of the molecule is CCCC(C)c1ccc2nonc2c1. The highest BCUT2D eigenvalue weighted by Crippen LogP contribution is 2.22. The lowest BCUT2D eigenvalue weighted by molar-refractivity contribution is 0.315. The van der Waals surface area contributed by atoms with Crippen molar-refractivity contribution in [3.63, 3.8) is 0 Å². The van der Waals surface area contributed by atoms with Crippen LogP contribution in [0.4, 0.5) is 0 Å². The molecule has 1 aromatic carbocycles. The molecule has 0 saturated carbocycles. The summed E-state index contributed by atoms with van der Waals surface area (Å²) in [5.74, 6) is 0.584. The van der Waals surface area contributed by atoms with Crippen LogP contribution in [0.15, 0.2) is 22.8 Å². The maximum Gasteiger partial charge on any atom is 0.135 e. The van der Waals surface area contributed by atoms with E-state index in [4.69, 9.17) is 0 Å². The largest absolute Gasteiger partial charge is 0.243 e. The summed E-state index contributed by atoms with van der Waals surface area (Å²) in [6.45, 7) is 4.44. The van der Waals surface area contributed by atoms with E-state index in [1.54, 1.807) is 0 Å². The highest BCUT2D eigenvalue weighted by molar-refractivity contribution is 5.73. The molecule has 2 aromatic rings. The summed E-state index contributed by atoms with van der Waals surface area (Å²) in [6, 6.07) is 6.13. The van der Waals surface area contributed by atoms with Crippen LogP contribution in [0.25, 0.3) is 11.0 Å². The maximum absolute atomic E-state index is 4.66. The number of nitrogens with zero attached hydrogens (tertiary/aromatic N) is 2. The van der Waals surface area contributed by atoms with Gasteiger partial charge in [0.25, 0.3) is 0 Å². The van der Waals surface area contributed by atoms with Crippen molar-refractivity contribution in [2.75, 3.05) is 0 Å². The second-order valence-corrected chi connectivity index (χ2v) is 3.70. The van der Waals surface area contributed by atoms with Crippen molar-refractivity contribution in [2.24, 2.45) is 0 Å². The monoisotopic (exact) mass is 190 g/mol. The van der Waals surface area contributed by atoms with Crippen LogP contribution in [0.1, 0.15) is 38.2 Å². The van der Waals surface area contributed by atoms with Crippen LogP contribution >= 0.6 is 0 Å². The Morgan fingerprint density at radius 2 is 2.07 bits per heavy atom. The second-order valence-electron chi connectivity index (χ2n) is 3.70. The van der Waals surface area contributed by atoms with Gasteiger partial charge in [0.2, 0.25) is 0 Å². The molecule has 0 aliphatic rings. The minimum Gasteiger partial charge on any atom is -0.243 e. The zero-order chi connectivity index (χ0) is 9.97. The lowest BCUT2D eigenvalue weighted by Gasteiger charge is -2.09. The summed E-state index contributed by atoms with van der Waals surface area (Å²) in [6.07, 6.45) is 2.41. The zero-order valence-electron chi connectivity index (χ0n) is 8.53. The molecule has 14 heavy (non-hydrogen) atoms. The predicted molar refractivity (Wildman–Crippen MR) is 55.1 cm³/mol. The topological polar surface area (TPSA) is 38.9 Å². The summed E-state index contributed by atoms with van der Waals surface area (Å²) in [5.41, 5.74) is 3.00. The van der Waals surface area contributed by atoms with Gasteiger partial charge >= 0.3 is 0 Å². The van der Waals surface area contributed by atoms with Crippen molar-refractivity contribution in [1.82, 2.24) is 10.3 Å². The minimum absolute atomic E-state index is 0.584. The Labute approximate surface area is 83.1 Å². The van der Waals surface area contributed by atoms with E-state index < -0.39 is 0 Å². The van der Waals surface area contributed by atoms with E-state index in [9.17, 15) is 0 Å². The molecule has 3 heteroatoms. The summed E-state index contributed by atoms with van der Waals surface area (Å²) in [5, 5.41) is 7.61. The van der Waals surface area contributed by atoms with E-state index in [-0.39, 0.29) is 0 Å². The van der Waals surface area contributed by atoms with Crippen molar-refractivity contribution in [3.8, 4) is 0 Å². The Kier molecular flexibility index (Phi) is 2.48. The third kappa shape index (κ3) is 1.62. The van der Waals surface area contributed by atoms with Crippen molar-refractivity contribution < 1.29 is 4.63 Å². The molecular formula is C11H14N2O. The highest BCUT2D eigenvalue weighted by Gasteiger charge is 2.07. The molecule has 2 rings (SSSR count). The van der Waals surface area contributed by atoms with Crippen LogP contribution in [-0.4, -0.2) is 10.3 Å². The van der Waals surface area contributed by atoms with Gasteiger partial charge in [0.05, 0.1) is 0 Å². The fourth-order valence-electron chi connectivity index (χ4n) is 1.71. The third-order valence-corrected chi connectivity index (χ3v) is 2.57. The van der Waals surface area contributed by atoms with Crippen molar-refractivity contribution in [1.29, 1.82) is 0 Å². The first-order valence-corrected chi connectivity index (χ1v) is 5.03. The number of benzene rings is 1. The van der Waals surface area contributed by atoms with Crippen molar-refractivity contribution >= 4 is 11.0 Å². The summed E-state index contributed by atoms with van der Waals surface area (Å²) in [4.78, 5) is 0. The van der Waals surface area contributed by atoms with Crippen LogP contribution in [0.3, 0.4) is 0 Å². The molecule has 0 spiro atoms. The quantitative estimate of drug-likeness (QED) is 0.746. The van der Waals surface area contributed by atoms with Gasteiger partial charge in [0.15, 0.2) is 0 Å². The van der Waals surface area contributed by atoms with E-state index in [2.05, 4.69) is 40.9 Å². The molecule has 1 unspecified atom stereocenters. The molecule has 1 atom stereocenters. The number of aromatic nitrogens is 2. The van der Waals surface area contributed by atoms with E-state index >= 15 is 0 Å². The van der Waals surface area contributed by atoms with Crippen LogP contribution in [-0.2, 0) is 0 Å². The smallest absolute Gasteiger partial charge is 0.135 e. The molecule has 1 heterocycles. The number of hydrogen-bond acceptors (Lipinski definition) is 3. The maximum atomic E-state index is 4.66. The standard InChI is InChI=1S/C11H14N2O/c1-3-4-8(2)9-5-6-10-11(7-9)13-14-12-10/h5-8H,3-4H2,1-2H3. The lowest BCUT2D eigenvalue weighted by atomic mass is 9.96. The Bertz CT molecular complexity index is 422. The zero-order valence-corrected chi connectivity index (χ0v) is 8.53. The van der Waals surface area contributed by atoms with Crippen LogP contribution in [0.2, 0.25) is 0 Å². The molecule has 74 valence electrons. The van der Waals surface area contributed by atoms with Gasteiger partial charge in [-0.05, 0) is 40.3 Å². The first-order valence-electron chi connectivity index (χ1n) is 5.03. The average molecular weight is 190 g/mol. The molecule has 0 saturated heterocycles. The Balaban J connectivity index is 2.33. The summed E-state index contributed by atoms with van der Waals surface area (Å²) < 4.78 is 4.66. The molecule has 0 fully saturated rings. The van der Waals surface area contributed by atoms with E-state index in [1.165, 1.54) is 18.4 Å². The minimum atomic E-state index is 0.584. The summed E-state index contributed by atoms with van der Waals surface area (Å²) >= 11 is 0. The Morgan fingerprint density at radius 3 is 2.86 bits per heavy atom.